The number of hydrogen-bond donors (Lipinski definition) is 3. The van der Waals surface area contributed by atoms with E-state index in [1.165, 1.54) is 0 Å². The third-order valence-electron chi connectivity index (χ3n) is 4.75. The number of carbonyl (C=O) groups is 3. The molecule has 32 heavy (non-hydrogen) atoms. The maximum atomic E-state index is 12.9. The summed E-state index contributed by atoms with van der Waals surface area (Å²) in [7, 11) is 0. The van der Waals surface area contributed by atoms with E-state index in [1.54, 1.807) is 0 Å². The van der Waals surface area contributed by atoms with Crippen LogP contribution in [0.2, 0.25) is 0 Å². The van der Waals surface area contributed by atoms with Crippen LogP contribution < -0.4 is 10.6 Å². The van der Waals surface area contributed by atoms with Crippen molar-refractivity contribution in [1.29, 1.82) is 5.26 Å². The van der Waals surface area contributed by atoms with Crippen LogP contribution in [0.1, 0.15) is 36.8 Å². The summed E-state index contributed by atoms with van der Waals surface area (Å²) in [5.41, 5.74) is 1.60. The van der Waals surface area contributed by atoms with Gasteiger partial charge in [-0.15, -0.1) is 0 Å². The number of benzene rings is 2. The number of ether oxygens (including phenoxy) is 1. The molecule has 0 saturated carbocycles. The van der Waals surface area contributed by atoms with Gasteiger partial charge in [0.1, 0.15) is 18.7 Å². The summed E-state index contributed by atoms with van der Waals surface area (Å²) in [4.78, 5) is 36.8. The first-order chi connectivity index (χ1) is 15.5. The molecule has 2 amide bonds. The van der Waals surface area contributed by atoms with Gasteiger partial charge in [-0.3, -0.25) is 4.79 Å². The molecule has 0 bridgehead atoms. The van der Waals surface area contributed by atoms with E-state index in [0.29, 0.717) is 19.3 Å². The van der Waals surface area contributed by atoms with Crippen LogP contribution in [0, 0.1) is 11.3 Å². The first kappa shape index (κ1) is 24.4. The van der Waals surface area contributed by atoms with Gasteiger partial charge in [-0.1, -0.05) is 60.7 Å². The summed E-state index contributed by atoms with van der Waals surface area (Å²) in [6.07, 6.45) is 0.957. The quantitative estimate of drug-likeness (QED) is 0.438. The second-order valence-corrected chi connectivity index (χ2v) is 7.25. The molecule has 3 N–H and O–H groups in total. The molecule has 0 aliphatic heterocycles. The summed E-state index contributed by atoms with van der Waals surface area (Å²) >= 11 is 0. The van der Waals surface area contributed by atoms with Gasteiger partial charge in [-0.2, -0.15) is 5.26 Å². The van der Waals surface area contributed by atoms with E-state index in [0.717, 1.165) is 11.1 Å². The van der Waals surface area contributed by atoms with Crippen LogP contribution in [0.25, 0.3) is 0 Å². The number of unbranched alkanes of at least 4 members (excludes halogenated alkanes) is 2. The smallest absolute Gasteiger partial charge is 0.408 e. The van der Waals surface area contributed by atoms with Gasteiger partial charge in [0.15, 0.2) is 0 Å². The molecular formula is C24H27N3O5. The zero-order valence-electron chi connectivity index (χ0n) is 17.7. The van der Waals surface area contributed by atoms with Crippen molar-refractivity contribution in [3.05, 3.63) is 71.8 Å². The number of hydrogen-bond acceptors (Lipinski definition) is 5. The predicted molar refractivity (Wildman–Crippen MR) is 117 cm³/mol. The van der Waals surface area contributed by atoms with Gasteiger partial charge in [0.25, 0.3) is 0 Å². The molecule has 8 heteroatoms. The van der Waals surface area contributed by atoms with Crippen LogP contribution in [-0.4, -0.2) is 35.2 Å². The molecule has 0 aliphatic rings. The summed E-state index contributed by atoms with van der Waals surface area (Å²) in [6.45, 7) is 0.0446. The number of rotatable bonds is 12. The number of aliphatic carboxylic acids is 1. The Morgan fingerprint density at radius 1 is 0.906 bits per heavy atom. The van der Waals surface area contributed by atoms with Gasteiger partial charge in [0.05, 0.1) is 6.07 Å². The lowest BCUT2D eigenvalue weighted by molar-refractivity contribution is -0.142. The highest BCUT2D eigenvalue weighted by Gasteiger charge is 2.27. The molecule has 0 unspecified atom stereocenters. The summed E-state index contributed by atoms with van der Waals surface area (Å²) < 4.78 is 5.21. The van der Waals surface area contributed by atoms with Crippen LogP contribution in [0.5, 0.6) is 0 Å². The number of carboxylic acids is 1. The van der Waals surface area contributed by atoms with Crippen molar-refractivity contribution in [3.63, 3.8) is 0 Å². The maximum absolute atomic E-state index is 12.9. The number of nitriles is 1. The maximum Gasteiger partial charge on any atom is 0.408 e. The first-order valence-corrected chi connectivity index (χ1v) is 10.4. The van der Waals surface area contributed by atoms with E-state index >= 15 is 0 Å². The molecule has 0 heterocycles. The summed E-state index contributed by atoms with van der Waals surface area (Å²) in [5.74, 6) is -1.78. The molecule has 0 fully saturated rings. The van der Waals surface area contributed by atoms with Crippen LogP contribution in [0.4, 0.5) is 4.79 Å². The second-order valence-electron chi connectivity index (χ2n) is 7.25. The molecule has 8 nitrogen and oxygen atoms in total. The van der Waals surface area contributed by atoms with E-state index < -0.39 is 30.1 Å². The van der Waals surface area contributed by atoms with Crippen LogP contribution in [0.15, 0.2) is 60.7 Å². The van der Waals surface area contributed by atoms with E-state index in [1.807, 2.05) is 66.7 Å². The zero-order chi connectivity index (χ0) is 23.2. The lowest BCUT2D eigenvalue weighted by atomic mass is 10.0. The molecule has 0 radical (unpaired) electrons. The highest BCUT2D eigenvalue weighted by atomic mass is 16.5. The van der Waals surface area contributed by atoms with Gasteiger partial charge in [0.2, 0.25) is 5.91 Å². The van der Waals surface area contributed by atoms with E-state index in [-0.39, 0.29) is 19.4 Å². The van der Waals surface area contributed by atoms with Crippen molar-refractivity contribution in [3.8, 4) is 6.07 Å². The van der Waals surface area contributed by atoms with E-state index in [4.69, 9.17) is 10.00 Å². The Hall–Kier alpha value is -3.86. The average Bonchev–Trinajstić information content (AvgIpc) is 2.80. The Kier molecular flexibility index (Phi) is 10.3. The standard InChI is InChI=1S/C24H27N3O5/c25-15-9-3-8-14-20(23(29)30)26-22(28)21(16-18-10-4-1-5-11-18)27-24(31)32-17-19-12-6-2-7-13-19/h1-2,4-7,10-13,20-21H,3,8-9,14,16-17H2,(H,26,28)(H,27,31)(H,29,30)/t20-,21-/m0/s1. The number of alkyl carbamates (subject to hydrolysis) is 1. The lowest BCUT2D eigenvalue weighted by Gasteiger charge is -2.21. The average molecular weight is 437 g/mol. The summed E-state index contributed by atoms with van der Waals surface area (Å²) in [5, 5.41) is 23.1. The fourth-order valence-corrected chi connectivity index (χ4v) is 3.05. The largest absolute Gasteiger partial charge is 0.480 e. The second kappa shape index (κ2) is 13.4. The predicted octanol–water partition coefficient (Wildman–Crippen LogP) is 3.18. The van der Waals surface area contributed by atoms with Crippen molar-refractivity contribution in [2.75, 3.05) is 0 Å². The number of nitrogens with zero attached hydrogens (tertiary/aromatic N) is 1. The Bertz CT molecular complexity index is 912. The molecule has 2 aromatic carbocycles. The number of carboxylic acid groups (broad SMARTS) is 1. The Morgan fingerprint density at radius 2 is 1.53 bits per heavy atom. The molecule has 2 aromatic rings. The van der Waals surface area contributed by atoms with E-state index in [9.17, 15) is 19.5 Å². The fourth-order valence-electron chi connectivity index (χ4n) is 3.05. The van der Waals surface area contributed by atoms with Crippen molar-refractivity contribution in [2.45, 2.75) is 50.8 Å². The van der Waals surface area contributed by atoms with Gasteiger partial charge in [0, 0.05) is 12.8 Å². The minimum atomic E-state index is -1.17. The van der Waals surface area contributed by atoms with Crippen molar-refractivity contribution in [1.82, 2.24) is 10.6 Å². The van der Waals surface area contributed by atoms with Crippen LogP contribution in [0.3, 0.4) is 0 Å². The van der Waals surface area contributed by atoms with Gasteiger partial charge >= 0.3 is 12.1 Å². The van der Waals surface area contributed by atoms with Crippen molar-refractivity contribution >= 4 is 18.0 Å². The van der Waals surface area contributed by atoms with E-state index in [2.05, 4.69) is 10.6 Å². The van der Waals surface area contributed by atoms with Crippen molar-refractivity contribution in [2.24, 2.45) is 0 Å². The SMILES string of the molecule is N#CCCCC[C@H](NC(=O)[C@H](Cc1ccccc1)NC(=O)OCc1ccccc1)C(=O)O. The highest BCUT2D eigenvalue weighted by Crippen LogP contribution is 2.08. The molecule has 0 aromatic heterocycles. The zero-order valence-corrected chi connectivity index (χ0v) is 17.7. The first-order valence-electron chi connectivity index (χ1n) is 10.4. The van der Waals surface area contributed by atoms with Crippen LogP contribution in [-0.2, 0) is 27.4 Å². The third kappa shape index (κ3) is 8.88. The Labute approximate surface area is 187 Å². The Morgan fingerprint density at radius 3 is 2.12 bits per heavy atom. The molecule has 168 valence electrons. The molecule has 0 spiro atoms. The molecule has 2 atom stereocenters. The van der Waals surface area contributed by atoms with Crippen LogP contribution >= 0.6 is 0 Å². The highest BCUT2D eigenvalue weighted by molar-refractivity contribution is 5.89. The normalized spacial score (nSPS) is 12.1. The Balaban J connectivity index is 2.02. The van der Waals surface area contributed by atoms with Crippen molar-refractivity contribution < 1.29 is 24.2 Å². The molecular weight excluding hydrogens is 410 g/mol. The monoisotopic (exact) mass is 437 g/mol. The van der Waals surface area contributed by atoms with Gasteiger partial charge < -0.3 is 20.5 Å². The number of carbonyl (C=O) groups excluding carboxylic acids is 2. The minimum absolute atomic E-state index is 0.0446. The molecule has 0 aliphatic carbocycles. The number of amides is 2. The summed E-state index contributed by atoms with van der Waals surface area (Å²) in [6, 6.07) is 18.1. The lowest BCUT2D eigenvalue weighted by Crippen LogP contribution is -2.52. The fraction of sp³-hybridized carbons (Fsp3) is 0.333. The third-order valence-corrected chi connectivity index (χ3v) is 4.75. The molecule has 2 rings (SSSR count). The number of nitrogens with one attached hydrogen (secondary N) is 2. The van der Waals surface area contributed by atoms with Gasteiger partial charge in [-0.25, -0.2) is 9.59 Å². The minimum Gasteiger partial charge on any atom is -0.480 e. The van der Waals surface area contributed by atoms with Gasteiger partial charge in [-0.05, 0) is 30.4 Å². The topological polar surface area (TPSA) is 129 Å². The molecule has 0 saturated heterocycles.